The molecular formula is C28H29F2N3O5. The molecule has 2 heterocycles. The van der Waals surface area contributed by atoms with Crippen LogP contribution in [0.25, 0.3) is 22.7 Å². The molecule has 0 bridgehead atoms. The molecular weight excluding hydrogens is 496 g/mol. The van der Waals surface area contributed by atoms with Crippen molar-refractivity contribution in [1.82, 2.24) is 15.0 Å². The highest BCUT2D eigenvalue weighted by atomic mass is 19.1. The first-order chi connectivity index (χ1) is 17.9. The van der Waals surface area contributed by atoms with Crippen molar-refractivity contribution in [2.75, 3.05) is 6.61 Å². The summed E-state index contributed by atoms with van der Waals surface area (Å²) in [7, 11) is 0. The van der Waals surface area contributed by atoms with E-state index in [0.717, 1.165) is 35.7 Å². The number of fused-ring (bicyclic) bond motifs is 1. The van der Waals surface area contributed by atoms with E-state index in [2.05, 4.69) is 15.0 Å². The van der Waals surface area contributed by atoms with Crippen LogP contribution in [-0.2, 0) is 16.0 Å². The number of rotatable bonds is 8. The molecule has 200 valence electrons. The molecule has 0 unspecified atom stereocenters. The number of hydrogen-bond donors (Lipinski definition) is 0. The van der Waals surface area contributed by atoms with E-state index in [1.807, 2.05) is 32.9 Å². The van der Waals surface area contributed by atoms with Crippen molar-refractivity contribution >= 4 is 17.2 Å². The molecule has 0 atom stereocenters. The zero-order chi connectivity index (χ0) is 27.6. The molecule has 0 aliphatic carbocycles. The van der Waals surface area contributed by atoms with Gasteiger partial charge in [-0.15, -0.1) is 0 Å². The molecule has 2 aromatic heterocycles. The summed E-state index contributed by atoms with van der Waals surface area (Å²) in [6.45, 7) is 10.8. The van der Waals surface area contributed by atoms with Gasteiger partial charge in [0.05, 0.1) is 5.69 Å². The third-order valence-electron chi connectivity index (χ3n) is 5.35. The first-order valence-electron chi connectivity index (χ1n) is 12.2. The quantitative estimate of drug-likeness (QED) is 0.236. The van der Waals surface area contributed by atoms with Crippen LogP contribution in [0.5, 0.6) is 17.5 Å². The summed E-state index contributed by atoms with van der Waals surface area (Å²) in [6.07, 6.45) is 1.30. The monoisotopic (exact) mass is 525 g/mol. The summed E-state index contributed by atoms with van der Waals surface area (Å²) >= 11 is 0. The minimum absolute atomic E-state index is 0.158. The Kier molecular flexibility index (Phi) is 7.61. The second-order valence-electron chi connectivity index (χ2n) is 9.87. The number of esters is 1. The van der Waals surface area contributed by atoms with E-state index >= 15 is 0 Å². The van der Waals surface area contributed by atoms with Gasteiger partial charge in [-0.25, -0.2) is 18.6 Å². The van der Waals surface area contributed by atoms with E-state index < -0.39 is 23.2 Å². The molecule has 0 fully saturated rings. The molecule has 0 saturated heterocycles. The molecule has 10 heteroatoms. The Bertz CT molecular complexity index is 1470. The highest BCUT2D eigenvalue weighted by molar-refractivity contribution is 5.76. The second-order valence-corrected chi connectivity index (χ2v) is 9.87. The number of oxazole rings is 1. The molecule has 0 aliphatic heterocycles. The molecule has 8 nitrogen and oxygen atoms in total. The van der Waals surface area contributed by atoms with Crippen molar-refractivity contribution in [3.05, 3.63) is 58.8 Å². The van der Waals surface area contributed by atoms with Gasteiger partial charge >= 0.3 is 12.0 Å². The molecule has 4 aromatic rings. The fourth-order valence-electron chi connectivity index (χ4n) is 3.89. The lowest BCUT2D eigenvalue weighted by Crippen LogP contribution is -2.27. The summed E-state index contributed by atoms with van der Waals surface area (Å²) in [6, 6.07) is 6.37. The molecule has 0 aliphatic rings. The van der Waals surface area contributed by atoms with E-state index in [4.69, 9.17) is 18.6 Å². The lowest BCUT2D eigenvalue weighted by Gasteiger charge is -2.20. The van der Waals surface area contributed by atoms with Crippen LogP contribution in [0.2, 0.25) is 0 Å². The number of halogens is 2. The summed E-state index contributed by atoms with van der Waals surface area (Å²) in [5.74, 6) is -1.33. The van der Waals surface area contributed by atoms with Gasteiger partial charge in [0.1, 0.15) is 17.2 Å². The minimum Gasteiger partial charge on any atom is -0.481 e. The van der Waals surface area contributed by atoms with Crippen LogP contribution in [-0.4, -0.2) is 33.1 Å². The number of carbonyl (C=O) groups is 1. The van der Waals surface area contributed by atoms with Crippen molar-refractivity contribution in [1.29, 1.82) is 0 Å². The zero-order valence-corrected chi connectivity index (χ0v) is 22.1. The van der Waals surface area contributed by atoms with Crippen LogP contribution in [0.3, 0.4) is 0 Å². The normalized spacial score (nSPS) is 11.6. The maximum atomic E-state index is 14.1. The van der Waals surface area contributed by atoms with Gasteiger partial charge in [-0.05, 0) is 76.4 Å². The number of aryl methyl sites for hydroxylation is 3. The van der Waals surface area contributed by atoms with Gasteiger partial charge in [-0.2, -0.15) is 9.97 Å². The van der Waals surface area contributed by atoms with Crippen LogP contribution >= 0.6 is 0 Å². The van der Waals surface area contributed by atoms with Gasteiger partial charge in [0.15, 0.2) is 23.7 Å². The minimum atomic E-state index is -0.745. The van der Waals surface area contributed by atoms with Gasteiger partial charge in [0.25, 0.3) is 5.71 Å². The predicted molar refractivity (Wildman–Crippen MR) is 136 cm³/mol. The average molecular weight is 526 g/mol. The summed E-state index contributed by atoms with van der Waals surface area (Å²) in [5.41, 5.74) is 2.79. The molecule has 0 spiro atoms. The number of benzene rings is 2. The number of hydrogen-bond acceptors (Lipinski definition) is 8. The van der Waals surface area contributed by atoms with Gasteiger partial charge in [0.2, 0.25) is 5.89 Å². The maximum Gasteiger partial charge on any atom is 0.344 e. The molecule has 0 radical (unpaired) electrons. The first kappa shape index (κ1) is 27.0. The predicted octanol–water partition coefficient (Wildman–Crippen LogP) is 6.65. The Morgan fingerprint density at radius 2 is 1.74 bits per heavy atom. The van der Waals surface area contributed by atoms with Crippen LogP contribution in [0.4, 0.5) is 8.78 Å². The number of aromatic nitrogens is 3. The highest BCUT2D eigenvalue weighted by Crippen LogP contribution is 2.33. The lowest BCUT2D eigenvalue weighted by molar-refractivity contribution is -0.157. The van der Waals surface area contributed by atoms with Gasteiger partial charge in [-0.1, -0.05) is 13.3 Å². The Balaban J connectivity index is 1.64. The molecule has 38 heavy (non-hydrogen) atoms. The lowest BCUT2D eigenvalue weighted by atomic mass is 10.1. The fourth-order valence-corrected chi connectivity index (χ4v) is 3.89. The maximum absolute atomic E-state index is 14.1. The Morgan fingerprint density at radius 3 is 2.39 bits per heavy atom. The van der Waals surface area contributed by atoms with Crippen LogP contribution < -0.4 is 9.47 Å². The van der Waals surface area contributed by atoms with Crippen molar-refractivity contribution in [3.63, 3.8) is 0 Å². The van der Waals surface area contributed by atoms with Gasteiger partial charge < -0.3 is 18.6 Å². The Labute approximate surface area is 219 Å². The number of carbonyl (C=O) groups excluding carboxylic acids is 1. The largest absolute Gasteiger partial charge is 0.481 e. The summed E-state index contributed by atoms with van der Waals surface area (Å²) in [5, 5.41) is 0. The van der Waals surface area contributed by atoms with Crippen molar-refractivity contribution < 1.29 is 32.2 Å². The number of ether oxygens (including phenoxy) is 3. The molecule has 2 aromatic carbocycles. The zero-order valence-electron chi connectivity index (χ0n) is 22.1. The van der Waals surface area contributed by atoms with E-state index in [1.54, 1.807) is 20.8 Å². The summed E-state index contributed by atoms with van der Waals surface area (Å²) < 4.78 is 50.1. The molecule has 0 saturated carbocycles. The third-order valence-corrected chi connectivity index (χ3v) is 5.35. The second kappa shape index (κ2) is 10.7. The van der Waals surface area contributed by atoms with Crippen molar-refractivity contribution in [2.45, 2.75) is 60.0 Å². The van der Waals surface area contributed by atoms with Crippen LogP contribution in [0.15, 0.2) is 34.7 Å². The molecule has 4 rings (SSSR count). The van der Waals surface area contributed by atoms with Crippen LogP contribution in [0, 0.1) is 25.5 Å². The molecule has 0 N–H and O–H groups in total. The standard InChI is InChI=1S/C28H29F2N3O5/c1-7-8-20-23-26(33-27(31-20)36-21-13-18(29)9-10-19(21)30)37-25(32-23)17-11-15(2)24(16(3)12-17)35-14-22(34)38-28(4,5)6/h9-13H,7-8,14H2,1-6H3. The van der Waals surface area contributed by atoms with Crippen LogP contribution in [0.1, 0.15) is 50.9 Å². The van der Waals surface area contributed by atoms with Gasteiger partial charge in [0, 0.05) is 11.6 Å². The van der Waals surface area contributed by atoms with E-state index in [9.17, 15) is 13.6 Å². The topological polar surface area (TPSA) is 96.6 Å². The highest BCUT2D eigenvalue weighted by Gasteiger charge is 2.21. The van der Waals surface area contributed by atoms with E-state index in [1.165, 1.54) is 0 Å². The van der Waals surface area contributed by atoms with Crippen molar-refractivity contribution in [2.24, 2.45) is 0 Å². The van der Waals surface area contributed by atoms with Gasteiger partial charge in [-0.3, -0.25) is 0 Å². The third kappa shape index (κ3) is 6.24. The Hall–Kier alpha value is -4.08. The van der Waals surface area contributed by atoms with E-state index in [-0.39, 0.29) is 24.1 Å². The first-order valence-corrected chi connectivity index (χ1v) is 12.2. The fraction of sp³-hybridized carbons (Fsp3) is 0.357. The smallest absolute Gasteiger partial charge is 0.344 e. The SMILES string of the molecule is CCCc1nc(Oc2cc(F)ccc2F)nc2oc(-c3cc(C)c(OCC(=O)OC(C)(C)C)c(C)c3)nc12. The Morgan fingerprint density at radius 1 is 1.03 bits per heavy atom. The summed E-state index contributed by atoms with van der Waals surface area (Å²) in [4.78, 5) is 25.3. The number of nitrogens with zero attached hydrogens (tertiary/aromatic N) is 3. The van der Waals surface area contributed by atoms with E-state index in [0.29, 0.717) is 34.8 Å². The average Bonchev–Trinajstić information content (AvgIpc) is 3.24. The van der Waals surface area contributed by atoms with Crippen molar-refractivity contribution in [3.8, 4) is 29.0 Å². The molecule has 0 amide bonds.